The summed E-state index contributed by atoms with van der Waals surface area (Å²) in [5, 5.41) is 31.7. The Balaban J connectivity index is 1.72. The first-order chi connectivity index (χ1) is 15.9. The predicted octanol–water partition coefficient (Wildman–Crippen LogP) is 3.57. The van der Waals surface area contributed by atoms with Crippen LogP contribution in [0.15, 0.2) is 23.8 Å². The number of hydrogen-bond donors (Lipinski definition) is 3. The molecule has 3 fully saturated rings. The first kappa shape index (κ1) is 26.4. The van der Waals surface area contributed by atoms with Crippen LogP contribution in [0, 0.1) is 39.4 Å². The van der Waals surface area contributed by atoms with Crippen LogP contribution in [0.25, 0.3) is 0 Å². The van der Waals surface area contributed by atoms with Gasteiger partial charge in [-0.2, -0.15) is 0 Å². The second-order valence-electron chi connectivity index (χ2n) is 13.5. The van der Waals surface area contributed by atoms with Crippen molar-refractivity contribution in [3.05, 3.63) is 23.8 Å². The summed E-state index contributed by atoms with van der Waals surface area (Å²) in [6.07, 6.45) is 5.05. The Labute approximate surface area is 208 Å². The van der Waals surface area contributed by atoms with Crippen LogP contribution in [0.2, 0.25) is 0 Å². The summed E-state index contributed by atoms with van der Waals surface area (Å²) < 4.78 is 0. The van der Waals surface area contributed by atoms with E-state index in [1.807, 2.05) is 20.8 Å². The molecule has 0 heterocycles. The zero-order chi connectivity index (χ0) is 26.4. The van der Waals surface area contributed by atoms with Gasteiger partial charge in [0.25, 0.3) is 0 Å². The summed E-state index contributed by atoms with van der Waals surface area (Å²) in [5.74, 6) is -1.17. The number of allylic oxidation sites excluding steroid dienone is 1. The Kier molecular flexibility index (Phi) is 5.99. The van der Waals surface area contributed by atoms with Gasteiger partial charge < -0.3 is 15.3 Å². The van der Waals surface area contributed by atoms with E-state index in [9.17, 15) is 29.7 Å². The number of ketones is 3. The van der Waals surface area contributed by atoms with E-state index < -0.39 is 39.8 Å². The molecule has 4 rings (SSSR count). The molecule has 4 aliphatic carbocycles. The monoisotopic (exact) mass is 486 g/mol. The maximum atomic E-state index is 14.1. The van der Waals surface area contributed by atoms with Crippen LogP contribution in [0.3, 0.4) is 0 Å². The van der Waals surface area contributed by atoms with E-state index >= 15 is 0 Å². The number of carbonyl (C=O) groups is 3. The first-order valence-electron chi connectivity index (χ1n) is 13.0. The Morgan fingerprint density at radius 2 is 1.77 bits per heavy atom. The number of aliphatic hydroxyl groups excluding tert-OH is 2. The van der Waals surface area contributed by atoms with Crippen molar-refractivity contribution >= 4 is 17.3 Å². The second kappa shape index (κ2) is 7.93. The first-order valence-corrected chi connectivity index (χ1v) is 13.0. The van der Waals surface area contributed by atoms with E-state index in [1.54, 1.807) is 13.8 Å². The molecule has 0 aromatic heterocycles. The molecule has 0 aliphatic heterocycles. The molecule has 0 radical (unpaired) electrons. The third kappa shape index (κ3) is 3.58. The molecule has 0 amide bonds. The summed E-state index contributed by atoms with van der Waals surface area (Å²) >= 11 is 0. The van der Waals surface area contributed by atoms with Crippen LogP contribution in [-0.2, 0) is 14.4 Å². The van der Waals surface area contributed by atoms with Crippen LogP contribution in [-0.4, -0.2) is 50.5 Å². The highest BCUT2D eigenvalue weighted by molar-refractivity contribution is 5.95. The molecule has 3 saturated carbocycles. The number of fused-ring (bicyclic) bond motifs is 5. The van der Waals surface area contributed by atoms with Gasteiger partial charge in [0.1, 0.15) is 18.0 Å². The van der Waals surface area contributed by atoms with Gasteiger partial charge in [0.2, 0.25) is 0 Å². The lowest BCUT2D eigenvalue weighted by Gasteiger charge is -2.64. The van der Waals surface area contributed by atoms with Crippen molar-refractivity contribution in [2.24, 2.45) is 39.4 Å². The van der Waals surface area contributed by atoms with E-state index in [0.717, 1.165) is 12.0 Å². The van der Waals surface area contributed by atoms with Crippen LogP contribution >= 0.6 is 0 Å². The molecule has 0 saturated heterocycles. The topological polar surface area (TPSA) is 112 Å². The number of rotatable bonds is 4. The number of hydrogen-bond acceptors (Lipinski definition) is 6. The fourth-order valence-electron chi connectivity index (χ4n) is 8.42. The highest BCUT2D eigenvalue weighted by Gasteiger charge is 2.71. The van der Waals surface area contributed by atoms with Crippen LogP contribution < -0.4 is 0 Å². The molecule has 8 unspecified atom stereocenters. The lowest BCUT2D eigenvalue weighted by Crippen LogP contribution is -2.64. The summed E-state index contributed by atoms with van der Waals surface area (Å²) in [7, 11) is 0. The predicted molar refractivity (Wildman–Crippen MR) is 132 cm³/mol. The van der Waals surface area contributed by atoms with Gasteiger partial charge in [-0.3, -0.25) is 14.4 Å². The standard InChI is InChI=1S/C29H42O6/c1-25(2,35)12-11-19(30)23(33)17-10-13-27(5)21-9-8-16-18(14-20(31)24(34)26(16,3)4)29(21,7)22(32)15-28(17,27)6/h8,11-12,17-18,21,23-24,33-35H,9-10,13-15H2,1-7H3/b12-11+. The molecule has 4 aliphatic rings. The highest BCUT2D eigenvalue weighted by atomic mass is 16.3. The number of Topliss-reactive ketones (excluding diaryl/α,β-unsaturated/α-hetero) is 2. The lowest BCUT2D eigenvalue weighted by atomic mass is 9.38. The van der Waals surface area contributed by atoms with Crippen LogP contribution in [0.4, 0.5) is 0 Å². The van der Waals surface area contributed by atoms with E-state index in [4.69, 9.17) is 0 Å². The van der Waals surface area contributed by atoms with Gasteiger partial charge in [0.15, 0.2) is 11.6 Å². The van der Waals surface area contributed by atoms with Gasteiger partial charge in [-0.1, -0.05) is 52.3 Å². The lowest BCUT2D eigenvalue weighted by molar-refractivity contribution is -0.175. The van der Waals surface area contributed by atoms with Gasteiger partial charge in [-0.05, 0) is 67.8 Å². The molecular formula is C29H42O6. The normalized spacial score (nSPS) is 43.9. The van der Waals surface area contributed by atoms with Gasteiger partial charge in [0, 0.05) is 23.7 Å². The van der Waals surface area contributed by atoms with E-state index in [2.05, 4.69) is 19.9 Å². The summed E-state index contributed by atoms with van der Waals surface area (Å²) in [6.45, 7) is 13.2. The Morgan fingerprint density at radius 3 is 2.37 bits per heavy atom. The smallest absolute Gasteiger partial charge is 0.184 e. The SMILES string of the molecule is CC(C)(O)/C=C/C(=O)C(O)C1CCC2(C)C3CC=C4C(CC(=O)C(O)C4(C)C)C3(C)C(=O)CC12C. The summed E-state index contributed by atoms with van der Waals surface area (Å²) in [4.78, 5) is 39.7. The van der Waals surface area contributed by atoms with Crippen LogP contribution in [0.1, 0.15) is 80.6 Å². The van der Waals surface area contributed by atoms with Crippen molar-refractivity contribution in [3.63, 3.8) is 0 Å². The molecule has 8 atom stereocenters. The zero-order valence-electron chi connectivity index (χ0n) is 22.2. The fraction of sp³-hybridized carbons (Fsp3) is 0.759. The summed E-state index contributed by atoms with van der Waals surface area (Å²) in [6, 6.07) is 0. The number of carbonyl (C=O) groups excluding carboxylic acids is 3. The van der Waals surface area contributed by atoms with E-state index in [0.29, 0.717) is 12.8 Å². The molecule has 3 N–H and O–H groups in total. The average Bonchev–Trinajstić information content (AvgIpc) is 3.01. The van der Waals surface area contributed by atoms with Crippen molar-refractivity contribution in [1.29, 1.82) is 0 Å². The van der Waals surface area contributed by atoms with Crippen molar-refractivity contribution in [1.82, 2.24) is 0 Å². The minimum atomic E-state index is -1.24. The Morgan fingerprint density at radius 1 is 1.14 bits per heavy atom. The Bertz CT molecular complexity index is 1010. The number of aliphatic hydroxyl groups is 3. The van der Waals surface area contributed by atoms with Gasteiger partial charge in [-0.15, -0.1) is 0 Å². The van der Waals surface area contributed by atoms with Crippen LogP contribution in [0.5, 0.6) is 0 Å². The molecule has 35 heavy (non-hydrogen) atoms. The molecule has 6 nitrogen and oxygen atoms in total. The average molecular weight is 487 g/mol. The van der Waals surface area contributed by atoms with Gasteiger partial charge in [0.05, 0.1) is 5.60 Å². The maximum absolute atomic E-state index is 14.1. The molecule has 0 aromatic carbocycles. The van der Waals surface area contributed by atoms with Crippen molar-refractivity contribution in [3.8, 4) is 0 Å². The third-order valence-corrected chi connectivity index (χ3v) is 10.9. The van der Waals surface area contributed by atoms with Gasteiger partial charge >= 0.3 is 0 Å². The fourth-order valence-corrected chi connectivity index (χ4v) is 8.42. The molecule has 0 aromatic rings. The Hall–Kier alpha value is -1.63. The largest absolute Gasteiger partial charge is 0.386 e. The molecule has 0 spiro atoms. The van der Waals surface area contributed by atoms with E-state index in [1.165, 1.54) is 12.2 Å². The molecule has 194 valence electrons. The van der Waals surface area contributed by atoms with Crippen molar-refractivity contribution in [2.75, 3.05) is 0 Å². The third-order valence-electron chi connectivity index (χ3n) is 10.9. The van der Waals surface area contributed by atoms with Gasteiger partial charge in [-0.25, -0.2) is 0 Å². The van der Waals surface area contributed by atoms with Crippen molar-refractivity contribution < 1.29 is 29.7 Å². The second-order valence-corrected chi connectivity index (χ2v) is 13.5. The molecule has 6 heteroatoms. The highest BCUT2D eigenvalue weighted by Crippen LogP contribution is 2.73. The molecule has 0 bridgehead atoms. The minimum Gasteiger partial charge on any atom is -0.386 e. The van der Waals surface area contributed by atoms with E-state index in [-0.39, 0.29) is 47.6 Å². The quantitative estimate of drug-likeness (QED) is 0.414. The zero-order valence-corrected chi connectivity index (χ0v) is 22.2. The van der Waals surface area contributed by atoms with Crippen molar-refractivity contribution in [2.45, 2.75) is 98.4 Å². The summed E-state index contributed by atoms with van der Waals surface area (Å²) in [5.41, 5.74) is -2.43. The molecular weight excluding hydrogens is 444 g/mol. The maximum Gasteiger partial charge on any atom is 0.184 e. The minimum absolute atomic E-state index is 0.0203.